The molecular formula is C14H9F6NO. The summed E-state index contributed by atoms with van der Waals surface area (Å²) in [4.78, 5) is 3.34. The van der Waals surface area contributed by atoms with E-state index in [1.165, 1.54) is 0 Å². The number of halogens is 6. The molecule has 118 valence electrons. The molecule has 0 atom stereocenters. The summed E-state index contributed by atoms with van der Waals surface area (Å²) in [7, 11) is 1.13. The van der Waals surface area contributed by atoms with Crippen molar-refractivity contribution < 1.29 is 31.1 Å². The van der Waals surface area contributed by atoms with Crippen LogP contribution in [0, 0.1) is 0 Å². The summed E-state index contributed by atoms with van der Waals surface area (Å²) >= 11 is 0. The summed E-state index contributed by atoms with van der Waals surface area (Å²) in [5.41, 5.74) is -1.55. The summed E-state index contributed by atoms with van der Waals surface area (Å²) in [6.07, 6.45) is -9.12. The molecule has 0 aliphatic rings. The molecule has 0 saturated carbocycles. The first-order valence-corrected chi connectivity index (χ1v) is 5.93. The molecular weight excluding hydrogens is 312 g/mol. The van der Waals surface area contributed by atoms with Crippen molar-refractivity contribution in [2.75, 3.05) is 7.11 Å². The highest BCUT2D eigenvalue weighted by Gasteiger charge is 2.33. The highest BCUT2D eigenvalue weighted by atomic mass is 19.4. The number of methoxy groups -OCH3 is 1. The second kappa shape index (κ2) is 5.51. The first-order chi connectivity index (χ1) is 10.1. The predicted molar refractivity (Wildman–Crippen MR) is 66.2 cm³/mol. The average Bonchev–Trinajstić information content (AvgIpc) is 2.45. The second-order valence-electron chi connectivity index (χ2n) is 4.33. The van der Waals surface area contributed by atoms with Gasteiger partial charge >= 0.3 is 12.4 Å². The first-order valence-electron chi connectivity index (χ1n) is 5.93. The number of pyridine rings is 1. The number of aromatic nitrogens is 1. The molecule has 0 fully saturated rings. The monoisotopic (exact) mass is 321 g/mol. The Bertz CT molecular complexity index is 661. The van der Waals surface area contributed by atoms with E-state index in [1.54, 1.807) is 0 Å². The number of nitrogens with zero attached hydrogens (tertiary/aromatic N) is 1. The molecule has 2 aromatic rings. The van der Waals surface area contributed by atoms with Gasteiger partial charge in [0, 0.05) is 5.56 Å². The molecule has 1 aromatic heterocycles. The summed E-state index contributed by atoms with van der Waals surface area (Å²) in [5.74, 6) is -0.311. The lowest BCUT2D eigenvalue weighted by atomic mass is 10.0. The van der Waals surface area contributed by atoms with E-state index in [2.05, 4.69) is 4.98 Å². The lowest BCUT2D eigenvalue weighted by molar-refractivity contribution is -0.141. The molecule has 0 aliphatic heterocycles. The van der Waals surface area contributed by atoms with Gasteiger partial charge in [0.25, 0.3) is 0 Å². The summed E-state index contributed by atoms with van der Waals surface area (Å²) in [6, 6.07) is 5.83. The summed E-state index contributed by atoms with van der Waals surface area (Å²) < 4.78 is 80.0. The molecule has 0 amide bonds. The van der Waals surface area contributed by atoms with Gasteiger partial charge in [-0.05, 0) is 29.8 Å². The molecule has 22 heavy (non-hydrogen) atoms. The Morgan fingerprint density at radius 2 is 1.41 bits per heavy atom. The Labute approximate surface area is 121 Å². The molecule has 0 aliphatic carbocycles. The molecule has 2 rings (SSSR count). The topological polar surface area (TPSA) is 22.1 Å². The second-order valence-corrected chi connectivity index (χ2v) is 4.33. The van der Waals surface area contributed by atoms with Crippen LogP contribution in [-0.2, 0) is 12.4 Å². The molecule has 1 heterocycles. The Morgan fingerprint density at radius 3 is 1.86 bits per heavy atom. The molecule has 2 nitrogen and oxygen atoms in total. The fourth-order valence-electron chi connectivity index (χ4n) is 1.81. The van der Waals surface area contributed by atoms with Crippen LogP contribution in [0.25, 0.3) is 11.1 Å². The van der Waals surface area contributed by atoms with E-state index in [-0.39, 0.29) is 17.0 Å². The van der Waals surface area contributed by atoms with Gasteiger partial charge in [0.15, 0.2) is 0 Å². The molecule has 0 bridgehead atoms. The number of hydrogen-bond acceptors (Lipinski definition) is 2. The highest BCUT2D eigenvalue weighted by molar-refractivity contribution is 5.69. The normalized spacial score (nSPS) is 12.3. The van der Waals surface area contributed by atoms with Gasteiger partial charge in [-0.3, -0.25) is 0 Å². The minimum absolute atomic E-state index is 0.171. The van der Waals surface area contributed by atoms with Crippen LogP contribution in [0.2, 0.25) is 0 Å². The van der Waals surface area contributed by atoms with Crippen LogP contribution in [0.5, 0.6) is 5.88 Å². The number of rotatable bonds is 2. The SMILES string of the molecule is COc1nc(C(F)(F)F)ccc1-c1ccc(C(F)(F)F)cc1. The highest BCUT2D eigenvalue weighted by Crippen LogP contribution is 2.36. The van der Waals surface area contributed by atoms with Gasteiger partial charge in [-0.25, -0.2) is 4.98 Å². The van der Waals surface area contributed by atoms with Crippen molar-refractivity contribution in [3.05, 3.63) is 47.7 Å². The standard InChI is InChI=1S/C14H9F6NO/c1-22-12-10(6-7-11(21-12)14(18,19)20)8-2-4-9(5-3-8)13(15,16)17/h2-7H,1H3. The third-order valence-corrected chi connectivity index (χ3v) is 2.87. The summed E-state index contributed by atoms with van der Waals surface area (Å²) in [5, 5.41) is 0. The average molecular weight is 321 g/mol. The molecule has 0 unspecified atom stereocenters. The van der Waals surface area contributed by atoms with E-state index in [4.69, 9.17) is 4.74 Å². The molecule has 0 radical (unpaired) electrons. The Balaban J connectivity index is 2.44. The van der Waals surface area contributed by atoms with Gasteiger partial charge in [0.2, 0.25) is 5.88 Å². The van der Waals surface area contributed by atoms with Crippen molar-refractivity contribution in [2.24, 2.45) is 0 Å². The fourth-order valence-corrected chi connectivity index (χ4v) is 1.81. The number of hydrogen-bond donors (Lipinski definition) is 0. The Kier molecular flexibility index (Phi) is 4.04. The van der Waals surface area contributed by atoms with Crippen LogP contribution in [-0.4, -0.2) is 12.1 Å². The molecule has 8 heteroatoms. The van der Waals surface area contributed by atoms with Crippen LogP contribution in [0.15, 0.2) is 36.4 Å². The third kappa shape index (κ3) is 3.32. The number of ether oxygens (including phenoxy) is 1. The molecule has 0 saturated heterocycles. The number of benzene rings is 1. The maximum absolute atomic E-state index is 12.6. The van der Waals surface area contributed by atoms with Gasteiger partial charge in [-0.1, -0.05) is 12.1 Å². The van der Waals surface area contributed by atoms with Gasteiger partial charge < -0.3 is 4.74 Å². The zero-order valence-electron chi connectivity index (χ0n) is 11.1. The van der Waals surface area contributed by atoms with E-state index in [1.807, 2.05) is 0 Å². The lowest BCUT2D eigenvalue weighted by Gasteiger charge is -2.12. The quantitative estimate of drug-likeness (QED) is 0.742. The van der Waals surface area contributed by atoms with Crippen molar-refractivity contribution in [2.45, 2.75) is 12.4 Å². The number of alkyl halides is 6. The van der Waals surface area contributed by atoms with Crippen LogP contribution in [0.4, 0.5) is 26.3 Å². The first kappa shape index (κ1) is 16.1. The summed E-state index contributed by atoms with van der Waals surface area (Å²) in [6.45, 7) is 0. The smallest absolute Gasteiger partial charge is 0.433 e. The van der Waals surface area contributed by atoms with E-state index in [0.717, 1.165) is 43.5 Å². The van der Waals surface area contributed by atoms with E-state index < -0.39 is 23.6 Å². The Hall–Kier alpha value is -2.25. The van der Waals surface area contributed by atoms with Crippen molar-refractivity contribution in [3.63, 3.8) is 0 Å². The van der Waals surface area contributed by atoms with Gasteiger partial charge in [-0.15, -0.1) is 0 Å². The molecule has 0 spiro atoms. The van der Waals surface area contributed by atoms with Crippen LogP contribution in [0.1, 0.15) is 11.3 Å². The minimum Gasteiger partial charge on any atom is -0.481 e. The van der Waals surface area contributed by atoms with Crippen LogP contribution < -0.4 is 4.74 Å². The fraction of sp³-hybridized carbons (Fsp3) is 0.214. The maximum atomic E-state index is 12.6. The van der Waals surface area contributed by atoms with Crippen molar-refractivity contribution in [3.8, 4) is 17.0 Å². The zero-order valence-corrected chi connectivity index (χ0v) is 11.1. The van der Waals surface area contributed by atoms with E-state index in [0.29, 0.717) is 0 Å². The van der Waals surface area contributed by atoms with Crippen molar-refractivity contribution in [1.29, 1.82) is 0 Å². The zero-order chi connectivity index (χ0) is 16.5. The van der Waals surface area contributed by atoms with E-state index in [9.17, 15) is 26.3 Å². The van der Waals surface area contributed by atoms with Gasteiger partial charge in [-0.2, -0.15) is 26.3 Å². The van der Waals surface area contributed by atoms with Gasteiger partial charge in [0.1, 0.15) is 5.69 Å². The van der Waals surface area contributed by atoms with Crippen LogP contribution >= 0.6 is 0 Å². The maximum Gasteiger partial charge on any atom is 0.433 e. The molecule has 0 N–H and O–H groups in total. The molecule has 1 aromatic carbocycles. The van der Waals surface area contributed by atoms with Crippen LogP contribution in [0.3, 0.4) is 0 Å². The Morgan fingerprint density at radius 1 is 0.818 bits per heavy atom. The minimum atomic E-state index is -4.63. The van der Waals surface area contributed by atoms with Gasteiger partial charge in [0.05, 0.1) is 12.7 Å². The van der Waals surface area contributed by atoms with E-state index >= 15 is 0 Å². The third-order valence-electron chi connectivity index (χ3n) is 2.87. The lowest BCUT2D eigenvalue weighted by Crippen LogP contribution is -2.09. The van der Waals surface area contributed by atoms with Crippen molar-refractivity contribution in [1.82, 2.24) is 4.98 Å². The largest absolute Gasteiger partial charge is 0.481 e. The van der Waals surface area contributed by atoms with Crippen molar-refractivity contribution >= 4 is 0 Å². The predicted octanol–water partition coefficient (Wildman–Crippen LogP) is 4.79.